The molecule has 0 bridgehead atoms. The zero-order chi connectivity index (χ0) is 14.8. The van der Waals surface area contributed by atoms with Crippen LogP contribution in [0.2, 0.25) is 0 Å². The van der Waals surface area contributed by atoms with Gasteiger partial charge in [-0.15, -0.1) is 0 Å². The van der Waals surface area contributed by atoms with Gasteiger partial charge in [-0.25, -0.2) is 17.2 Å². The Morgan fingerprint density at radius 3 is 2.47 bits per heavy atom. The molecule has 0 aliphatic rings. The number of nitrogens with zero attached hydrogens (tertiary/aromatic N) is 1. The molecule has 1 amide bonds. The molecule has 0 N–H and O–H groups in total. The van der Waals surface area contributed by atoms with E-state index in [9.17, 15) is 22.0 Å². The summed E-state index contributed by atoms with van der Waals surface area (Å²) in [6.07, 6.45) is -2.66. The normalized spacial score (nSPS) is 11.7. The highest BCUT2D eigenvalue weighted by Gasteiger charge is 2.20. The molecule has 0 spiro atoms. The Balaban J connectivity index is 3.13. The predicted octanol–water partition coefficient (Wildman–Crippen LogP) is 2.26. The minimum absolute atomic E-state index is 0.00650. The van der Waals surface area contributed by atoms with Crippen molar-refractivity contribution in [2.75, 3.05) is 13.6 Å². The number of halogens is 3. The van der Waals surface area contributed by atoms with Crippen molar-refractivity contribution in [2.24, 2.45) is 0 Å². The average molecular weight is 312 g/mol. The topological polar surface area (TPSA) is 54.5 Å². The second-order valence-electron chi connectivity index (χ2n) is 3.99. The van der Waals surface area contributed by atoms with Crippen molar-refractivity contribution in [2.45, 2.75) is 18.2 Å². The van der Waals surface area contributed by atoms with E-state index < -0.39 is 27.9 Å². The van der Waals surface area contributed by atoms with E-state index in [1.165, 1.54) is 26.1 Å². The van der Waals surface area contributed by atoms with E-state index in [0.29, 0.717) is 5.56 Å². The molecule has 19 heavy (non-hydrogen) atoms. The molecular weight excluding hydrogens is 300 g/mol. The number of hydrogen-bond acceptors (Lipinski definition) is 3. The third-order valence-corrected chi connectivity index (χ3v) is 3.92. The summed E-state index contributed by atoms with van der Waals surface area (Å²) in [7, 11) is 2.46. The molecule has 0 heterocycles. The van der Waals surface area contributed by atoms with Crippen LogP contribution in [0.15, 0.2) is 23.1 Å². The first-order chi connectivity index (χ1) is 8.62. The summed E-state index contributed by atoms with van der Waals surface area (Å²) >= 11 is 0. The lowest BCUT2D eigenvalue weighted by Gasteiger charge is -2.17. The van der Waals surface area contributed by atoms with Crippen molar-refractivity contribution in [3.05, 3.63) is 29.3 Å². The molecule has 0 aliphatic carbocycles. The van der Waals surface area contributed by atoms with Gasteiger partial charge in [0.15, 0.2) is 0 Å². The number of alkyl halides is 2. The molecule has 0 unspecified atom stereocenters. The van der Waals surface area contributed by atoms with E-state index >= 15 is 0 Å². The molecule has 0 atom stereocenters. The maximum absolute atomic E-state index is 12.2. The second-order valence-corrected chi connectivity index (χ2v) is 6.53. The smallest absolute Gasteiger partial charge is 0.261 e. The molecule has 1 aromatic rings. The van der Waals surface area contributed by atoms with Gasteiger partial charge in [0.2, 0.25) is 0 Å². The summed E-state index contributed by atoms with van der Waals surface area (Å²) in [5.74, 6) is -0.693. The van der Waals surface area contributed by atoms with Gasteiger partial charge in [0.25, 0.3) is 21.4 Å². The molecule has 4 nitrogen and oxygen atoms in total. The number of hydrogen-bond donors (Lipinski definition) is 0. The summed E-state index contributed by atoms with van der Waals surface area (Å²) in [5, 5.41) is 0. The molecular formula is C11H12ClF2NO3S. The number of carbonyl (C=O) groups excluding carboxylic acids is 1. The van der Waals surface area contributed by atoms with Gasteiger partial charge in [0, 0.05) is 23.3 Å². The third-order valence-electron chi connectivity index (χ3n) is 2.46. The second kappa shape index (κ2) is 5.83. The van der Waals surface area contributed by atoms with Crippen molar-refractivity contribution in [3.63, 3.8) is 0 Å². The van der Waals surface area contributed by atoms with Crippen LogP contribution >= 0.6 is 10.7 Å². The van der Waals surface area contributed by atoms with Crippen LogP contribution in [0.1, 0.15) is 15.9 Å². The molecule has 1 aromatic carbocycles. The quantitative estimate of drug-likeness (QED) is 0.802. The maximum Gasteiger partial charge on any atom is 0.261 e. The van der Waals surface area contributed by atoms with Crippen LogP contribution in [0.25, 0.3) is 0 Å². The number of benzene rings is 1. The number of aryl methyl sites for hydroxylation is 1. The standard InChI is InChI=1S/C11H12ClF2NO3S/c1-7-3-4-8(5-9(7)19(12,17)18)11(16)15(2)6-10(13)14/h3-5,10H,6H2,1-2H3. The molecule has 106 valence electrons. The zero-order valence-corrected chi connectivity index (χ0v) is 11.8. The Bertz CT molecular complexity index is 590. The highest BCUT2D eigenvalue weighted by atomic mass is 35.7. The van der Waals surface area contributed by atoms with E-state index in [4.69, 9.17) is 10.7 Å². The molecule has 0 radical (unpaired) electrons. The van der Waals surface area contributed by atoms with Crippen molar-refractivity contribution in [1.82, 2.24) is 4.90 Å². The first-order valence-corrected chi connectivity index (χ1v) is 7.52. The molecule has 0 saturated carbocycles. The minimum atomic E-state index is -3.98. The number of carbonyl (C=O) groups is 1. The number of rotatable bonds is 4. The van der Waals surface area contributed by atoms with Gasteiger partial charge < -0.3 is 4.90 Å². The van der Waals surface area contributed by atoms with Crippen LogP contribution in [0.5, 0.6) is 0 Å². The highest BCUT2D eigenvalue weighted by molar-refractivity contribution is 8.13. The van der Waals surface area contributed by atoms with Crippen molar-refractivity contribution >= 4 is 25.6 Å². The van der Waals surface area contributed by atoms with Gasteiger partial charge in [-0.2, -0.15) is 0 Å². The van der Waals surface area contributed by atoms with Gasteiger partial charge in [-0.05, 0) is 24.6 Å². The van der Waals surface area contributed by atoms with Gasteiger partial charge in [0.05, 0.1) is 11.4 Å². The lowest BCUT2D eigenvalue weighted by Crippen LogP contribution is -2.31. The van der Waals surface area contributed by atoms with Crippen LogP contribution in [-0.4, -0.2) is 39.2 Å². The first-order valence-electron chi connectivity index (χ1n) is 5.22. The summed E-state index contributed by atoms with van der Waals surface area (Å²) in [5.41, 5.74) is 0.371. The van der Waals surface area contributed by atoms with E-state index in [0.717, 1.165) is 11.0 Å². The fraction of sp³-hybridized carbons (Fsp3) is 0.364. The minimum Gasteiger partial charge on any atom is -0.336 e. The van der Waals surface area contributed by atoms with E-state index in [2.05, 4.69) is 0 Å². The maximum atomic E-state index is 12.2. The van der Waals surface area contributed by atoms with E-state index in [-0.39, 0.29) is 10.5 Å². The lowest BCUT2D eigenvalue weighted by molar-refractivity contribution is 0.0620. The summed E-state index contributed by atoms with van der Waals surface area (Å²) in [6, 6.07) is 3.85. The Labute approximate surface area is 114 Å². The van der Waals surface area contributed by atoms with Crippen LogP contribution in [0, 0.1) is 6.92 Å². The highest BCUT2D eigenvalue weighted by Crippen LogP contribution is 2.21. The van der Waals surface area contributed by atoms with Crippen LogP contribution < -0.4 is 0 Å². The molecule has 0 saturated heterocycles. The summed E-state index contributed by atoms with van der Waals surface area (Å²) in [4.78, 5) is 12.4. The zero-order valence-electron chi connectivity index (χ0n) is 10.2. The molecule has 1 rings (SSSR count). The SMILES string of the molecule is Cc1ccc(C(=O)N(C)CC(F)F)cc1S(=O)(=O)Cl. The lowest BCUT2D eigenvalue weighted by atomic mass is 10.1. The predicted molar refractivity (Wildman–Crippen MR) is 67.2 cm³/mol. The van der Waals surface area contributed by atoms with Gasteiger partial charge >= 0.3 is 0 Å². The molecule has 0 fully saturated rings. The fourth-order valence-corrected chi connectivity index (χ4v) is 2.73. The molecule has 8 heteroatoms. The Hall–Kier alpha value is -1.21. The Kier molecular flexibility index (Phi) is 4.86. The largest absolute Gasteiger partial charge is 0.336 e. The summed E-state index contributed by atoms with van der Waals surface area (Å²) in [6.45, 7) is 0.794. The van der Waals surface area contributed by atoms with Crippen LogP contribution in [-0.2, 0) is 9.05 Å². The fourth-order valence-electron chi connectivity index (χ4n) is 1.51. The molecule has 0 aromatic heterocycles. The first kappa shape index (κ1) is 15.8. The van der Waals surface area contributed by atoms with Crippen molar-refractivity contribution in [3.8, 4) is 0 Å². The van der Waals surface area contributed by atoms with Crippen LogP contribution in [0.3, 0.4) is 0 Å². The van der Waals surface area contributed by atoms with Crippen LogP contribution in [0.4, 0.5) is 8.78 Å². The average Bonchev–Trinajstić information content (AvgIpc) is 2.26. The van der Waals surface area contributed by atoms with Crippen molar-refractivity contribution < 1.29 is 22.0 Å². The Morgan fingerprint density at radius 2 is 2.00 bits per heavy atom. The van der Waals surface area contributed by atoms with E-state index in [1.807, 2.05) is 0 Å². The third kappa shape index (κ3) is 4.14. The van der Waals surface area contributed by atoms with Gasteiger partial charge in [-0.3, -0.25) is 4.79 Å². The monoisotopic (exact) mass is 311 g/mol. The summed E-state index contributed by atoms with van der Waals surface area (Å²) < 4.78 is 47.0. The molecule has 0 aliphatic heterocycles. The number of amides is 1. The Morgan fingerprint density at radius 1 is 1.42 bits per heavy atom. The van der Waals surface area contributed by atoms with Gasteiger partial charge in [-0.1, -0.05) is 6.07 Å². The van der Waals surface area contributed by atoms with E-state index in [1.54, 1.807) is 0 Å². The van der Waals surface area contributed by atoms with Gasteiger partial charge in [0.1, 0.15) is 0 Å². The van der Waals surface area contributed by atoms with Crippen molar-refractivity contribution in [1.29, 1.82) is 0 Å².